The lowest BCUT2D eigenvalue weighted by Crippen LogP contribution is -2.32. The van der Waals surface area contributed by atoms with Crippen LogP contribution in [0.3, 0.4) is 0 Å². The highest BCUT2D eigenvalue weighted by Gasteiger charge is 2.23. The Kier molecular flexibility index (Phi) is 3.43. The second-order valence-electron chi connectivity index (χ2n) is 4.99. The molecule has 1 aliphatic rings. The first kappa shape index (κ1) is 13.1. The summed E-state index contributed by atoms with van der Waals surface area (Å²) in [7, 11) is -2.81. The summed E-state index contributed by atoms with van der Waals surface area (Å²) < 4.78 is 24.7. The minimum Gasteiger partial charge on any atom is -0.382 e. The molecule has 6 nitrogen and oxygen atoms in total. The predicted molar refractivity (Wildman–Crippen MR) is 76.7 cm³/mol. The van der Waals surface area contributed by atoms with E-state index in [4.69, 9.17) is 0 Å². The van der Waals surface area contributed by atoms with Gasteiger partial charge in [-0.15, -0.1) is 10.2 Å². The van der Waals surface area contributed by atoms with E-state index in [2.05, 4.69) is 15.5 Å². The number of benzene rings is 1. The third kappa shape index (κ3) is 2.98. The molecule has 106 valence electrons. The second-order valence-corrected chi connectivity index (χ2v) is 7.29. The lowest BCUT2D eigenvalue weighted by atomic mass is 10.1. The molecular formula is C13H16N4O2S. The zero-order valence-corrected chi connectivity index (χ0v) is 11.8. The topological polar surface area (TPSA) is 76.9 Å². The molecule has 0 spiro atoms. The van der Waals surface area contributed by atoms with E-state index < -0.39 is 9.84 Å². The van der Waals surface area contributed by atoms with Gasteiger partial charge < -0.3 is 5.32 Å². The Morgan fingerprint density at radius 1 is 1.15 bits per heavy atom. The van der Waals surface area contributed by atoms with Crippen LogP contribution in [-0.2, 0) is 9.84 Å². The van der Waals surface area contributed by atoms with Gasteiger partial charge in [0.05, 0.1) is 17.2 Å². The van der Waals surface area contributed by atoms with Gasteiger partial charge in [-0.25, -0.2) is 8.42 Å². The van der Waals surface area contributed by atoms with Crippen molar-refractivity contribution in [2.75, 3.05) is 16.8 Å². The molecule has 0 atom stereocenters. The standard InChI is InChI=1S/C13H16N4O2S/c18-20(19)6-4-11(5-7-20)16-12-2-1-3-13(8-12)17-9-14-15-10-17/h1-3,8-11,16H,4-7H2. The molecular weight excluding hydrogens is 276 g/mol. The molecule has 20 heavy (non-hydrogen) atoms. The van der Waals surface area contributed by atoms with Crippen molar-refractivity contribution in [1.29, 1.82) is 0 Å². The Bertz CT molecular complexity index is 668. The van der Waals surface area contributed by atoms with Crippen molar-refractivity contribution in [3.05, 3.63) is 36.9 Å². The number of nitrogens with zero attached hydrogens (tertiary/aromatic N) is 3. The Morgan fingerprint density at radius 2 is 1.85 bits per heavy atom. The van der Waals surface area contributed by atoms with Crippen molar-refractivity contribution in [1.82, 2.24) is 14.8 Å². The molecule has 3 rings (SSSR count). The third-order valence-corrected chi connectivity index (χ3v) is 5.20. The number of rotatable bonds is 3. The number of hydrogen-bond donors (Lipinski definition) is 1. The Hall–Kier alpha value is -1.89. The predicted octanol–water partition coefficient (Wildman–Crippen LogP) is 1.26. The Morgan fingerprint density at radius 3 is 2.55 bits per heavy atom. The maximum Gasteiger partial charge on any atom is 0.150 e. The number of hydrogen-bond acceptors (Lipinski definition) is 5. The SMILES string of the molecule is O=S1(=O)CCC(Nc2cccc(-n3cnnc3)c2)CC1. The average Bonchev–Trinajstić information content (AvgIpc) is 2.96. The number of aromatic nitrogens is 3. The fraction of sp³-hybridized carbons (Fsp3) is 0.385. The van der Waals surface area contributed by atoms with Crippen molar-refractivity contribution in [3.8, 4) is 5.69 Å². The van der Waals surface area contributed by atoms with Crippen LogP contribution in [0.5, 0.6) is 0 Å². The average molecular weight is 292 g/mol. The molecule has 1 aromatic carbocycles. The lowest BCUT2D eigenvalue weighted by Gasteiger charge is -2.24. The summed E-state index contributed by atoms with van der Waals surface area (Å²) in [6.45, 7) is 0. The first-order chi connectivity index (χ1) is 9.62. The first-order valence-electron chi connectivity index (χ1n) is 6.54. The minimum atomic E-state index is -2.81. The molecule has 0 unspecified atom stereocenters. The van der Waals surface area contributed by atoms with Gasteiger partial charge in [-0.1, -0.05) is 6.07 Å². The molecule has 0 amide bonds. The molecule has 7 heteroatoms. The molecule has 0 bridgehead atoms. The van der Waals surface area contributed by atoms with Crippen LogP contribution in [0.1, 0.15) is 12.8 Å². The summed E-state index contributed by atoms with van der Waals surface area (Å²) in [4.78, 5) is 0. The highest BCUT2D eigenvalue weighted by Crippen LogP contribution is 2.20. The molecule has 1 saturated heterocycles. The van der Waals surface area contributed by atoms with Crippen LogP contribution in [0.4, 0.5) is 5.69 Å². The maximum absolute atomic E-state index is 11.4. The van der Waals surface area contributed by atoms with Crippen molar-refractivity contribution in [3.63, 3.8) is 0 Å². The van der Waals surface area contributed by atoms with Crippen LogP contribution >= 0.6 is 0 Å². The molecule has 0 aliphatic carbocycles. The summed E-state index contributed by atoms with van der Waals surface area (Å²) >= 11 is 0. The summed E-state index contributed by atoms with van der Waals surface area (Å²) in [5.74, 6) is 0.547. The second kappa shape index (κ2) is 5.24. The number of nitrogens with one attached hydrogen (secondary N) is 1. The van der Waals surface area contributed by atoms with Gasteiger partial charge in [0.1, 0.15) is 22.5 Å². The fourth-order valence-electron chi connectivity index (χ4n) is 2.36. The van der Waals surface area contributed by atoms with Crippen LogP contribution in [-0.4, -0.2) is 40.7 Å². The fourth-order valence-corrected chi connectivity index (χ4v) is 3.85. The number of anilines is 1. The molecule has 2 heterocycles. The summed E-state index contributed by atoms with van der Waals surface area (Å²) in [6, 6.07) is 8.13. The molecule has 0 radical (unpaired) electrons. The maximum atomic E-state index is 11.4. The molecule has 2 aromatic rings. The van der Waals surface area contributed by atoms with Crippen LogP contribution in [0.2, 0.25) is 0 Å². The van der Waals surface area contributed by atoms with E-state index in [0.29, 0.717) is 12.8 Å². The van der Waals surface area contributed by atoms with Crippen molar-refractivity contribution in [2.24, 2.45) is 0 Å². The summed E-state index contributed by atoms with van der Waals surface area (Å²) in [5.41, 5.74) is 1.96. The number of sulfone groups is 1. The zero-order valence-electron chi connectivity index (χ0n) is 10.9. The normalized spacial score (nSPS) is 18.8. The zero-order chi connectivity index (χ0) is 14.0. The minimum absolute atomic E-state index is 0.217. The smallest absolute Gasteiger partial charge is 0.150 e. The van der Waals surface area contributed by atoms with E-state index in [0.717, 1.165) is 11.4 Å². The van der Waals surface area contributed by atoms with E-state index in [1.165, 1.54) is 0 Å². The first-order valence-corrected chi connectivity index (χ1v) is 8.36. The van der Waals surface area contributed by atoms with Crippen molar-refractivity contribution < 1.29 is 8.42 Å². The van der Waals surface area contributed by atoms with E-state index in [9.17, 15) is 8.42 Å². The largest absolute Gasteiger partial charge is 0.382 e. The van der Waals surface area contributed by atoms with Gasteiger partial charge in [0.15, 0.2) is 0 Å². The van der Waals surface area contributed by atoms with Crippen molar-refractivity contribution in [2.45, 2.75) is 18.9 Å². The van der Waals surface area contributed by atoms with E-state index in [1.54, 1.807) is 12.7 Å². The van der Waals surface area contributed by atoms with E-state index >= 15 is 0 Å². The van der Waals surface area contributed by atoms with Gasteiger partial charge in [-0.3, -0.25) is 4.57 Å². The molecule has 0 saturated carbocycles. The Balaban J connectivity index is 1.71. The van der Waals surface area contributed by atoms with Gasteiger partial charge >= 0.3 is 0 Å². The van der Waals surface area contributed by atoms with E-state index in [-0.39, 0.29) is 17.5 Å². The van der Waals surface area contributed by atoms with Crippen LogP contribution < -0.4 is 5.32 Å². The lowest BCUT2D eigenvalue weighted by molar-refractivity contribution is 0.559. The van der Waals surface area contributed by atoms with Gasteiger partial charge in [0, 0.05) is 11.7 Å². The molecule has 1 aromatic heterocycles. The quantitative estimate of drug-likeness (QED) is 0.921. The van der Waals surface area contributed by atoms with Crippen LogP contribution in [0, 0.1) is 0 Å². The monoisotopic (exact) mass is 292 g/mol. The Labute approximate surface area is 117 Å². The molecule has 1 aliphatic heterocycles. The molecule has 1 fully saturated rings. The highest BCUT2D eigenvalue weighted by molar-refractivity contribution is 7.91. The third-order valence-electron chi connectivity index (χ3n) is 3.49. The van der Waals surface area contributed by atoms with Gasteiger partial charge in [0.25, 0.3) is 0 Å². The summed E-state index contributed by atoms with van der Waals surface area (Å²) in [6.07, 6.45) is 4.62. The highest BCUT2D eigenvalue weighted by atomic mass is 32.2. The molecule has 1 N–H and O–H groups in total. The summed E-state index contributed by atoms with van der Waals surface area (Å²) in [5, 5.41) is 11.0. The van der Waals surface area contributed by atoms with Crippen LogP contribution in [0.25, 0.3) is 5.69 Å². The van der Waals surface area contributed by atoms with Crippen molar-refractivity contribution >= 4 is 15.5 Å². The van der Waals surface area contributed by atoms with Gasteiger partial charge in [0.2, 0.25) is 0 Å². The van der Waals surface area contributed by atoms with E-state index in [1.807, 2.05) is 28.8 Å². The van der Waals surface area contributed by atoms with Gasteiger partial charge in [-0.05, 0) is 31.0 Å². The van der Waals surface area contributed by atoms with Crippen LogP contribution in [0.15, 0.2) is 36.9 Å². The van der Waals surface area contributed by atoms with Gasteiger partial charge in [-0.2, -0.15) is 0 Å².